The number of rotatable bonds is 5. The molecule has 2 amide bonds. The maximum Gasteiger partial charge on any atom is 0.272 e. The van der Waals surface area contributed by atoms with E-state index in [-0.39, 0.29) is 5.70 Å². The number of carbonyl (C=O) groups is 2. The van der Waals surface area contributed by atoms with E-state index in [1.54, 1.807) is 55.5 Å². The average molecular weight is 374 g/mol. The van der Waals surface area contributed by atoms with Crippen molar-refractivity contribution in [2.24, 2.45) is 0 Å². The van der Waals surface area contributed by atoms with Gasteiger partial charge in [-0.3, -0.25) is 9.59 Å². The Kier molecular flexibility index (Phi) is 5.97. The summed E-state index contributed by atoms with van der Waals surface area (Å²) in [5.41, 5.74) is 2.02. The van der Waals surface area contributed by atoms with Gasteiger partial charge < -0.3 is 10.6 Å². The van der Waals surface area contributed by atoms with Crippen molar-refractivity contribution in [3.63, 3.8) is 0 Å². The fourth-order valence-electron chi connectivity index (χ4n) is 2.53. The van der Waals surface area contributed by atoms with E-state index in [9.17, 15) is 14.0 Å². The van der Waals surface area contributed by atoms with Crippen molar-refractivity contribution < 1.29 is 14.0 Å². The monoisotopic (exact) mass is 374 g/mol. The fraction of sp³-hybridized carbons (Fsp3) is 0.0435. The summed E-state index contributed by atoms with van der Waals surface area (Å²) in [4.78, 5) is 25.3. The first kappa shape index (κ1) is 19.0. The second-order valence-corrected chi connectivity index (χ2v) is 6.21. The summed E-state index contributed by atoms with van der Waals surface area (Å²) >= 11 is 0. The first-order valence-electron chi connectivity index (χ1n) is 8.73. The van der Waals surface area contributed by atoms with E-state index >= 15 is 0 Å². The third-order valence-corrected chi connectivity index (χ3v) is 4.07. The van der Waals surface area contributed by atoms with Gasteiger partial charge in [-0.15, -0.1) is 0 Å². The molecule has 28 heavy (non-hydrogen) atoms. The zero-order chi connectivity index (χ0) is 19.9. The van der Waals surface area contributed by atoms with Crippen molar-refractivity contribution in [2.75, 3.05) is 5.32 Å². The number of aryl methyl sites for hydroxylation is 1. The molecular formula is C23H19FN2O2. The highest BCUT2D eigenvalue weighted by Gasteiger charge is 2.15. The van der Waals surface area contributed by atoms with Gasteiger partial charge >= 0.3 is 0 Å². The van der Waals surface area contributed by atoms with Crippen LogP contribution in [0.25, 0.3) is 6.08 Å². The van der Waals surface area contributed by atoms with Gasteiger partial charge in [0.25, 0.3) is 11.8 Å². The summed E-state index contributed by atoms with van der Waals surface area (Å²) in [6.07, 6.45) is 1.57. The second-order valence-electron chi connectivity index (χ2n) is 6.21. The first-order valence-corrected chi connectivity index (χ1v) is 8.73. The van der Waals surface area contributed by atoms with Crippen LogP contribution in [0, 0.1) is 12.7 Å². The highest BCUT2D eigenvalue weighted by atomic mass is 19.1. The number of anilines is 1. The van der Waals surface area contributed by atoms with Gasteiger partial charge in [0.05, 0.1) is 0 Å². The minimum absolute atomic E-state index is 0.0565. The Balaban J connectivity index is 1.87. The molecule has 0 saturated carbocycles. The molecule has 0 aromatic heterocycles. The van der Waals surface area contributed by atoms with Gasteiger partial charge in [0.2, 0.25) is 0 Å². The highest BCUT2D eigenvalue weighted by Crippen LogP contribution is 2.15. The fourth-order valence-corrected chi connectivity index (χ4v) is 2.53. The molecule has 0 aliphatic heterocycles. The van der Waals surface area contributed by atoms with Crippen LogP contribution in [-0.4, -0.2) is 11.8 Å². The van der Waals surface area contributed by atoms with Crippen molar-refractivity contribution in [2.45, 2.75) is 6.92 Å². The molecule has 0 aliphatic rings. The molecule has 0 bridgehead atoms. The number of halogens is 1. The van der Waals surface area contributed by atoms with Crippen molar-refractivity contribution in [3.8, 4) is 0 Å². The number of carbonyl (C=O) groups excluding carboxylic acids is 2. The number of amides is 2. The Hall–Kier alpha value is -3.73. The van der Waals surface area contributed by atoms with E-state index in [1.165, 1.54) is 6.07 Å². The minimum atomic E-state index is -0.545. The van der Waals surface area contributed by atoms with E-state index in [1.807, 2.05) is 30.3 Å². The lowest BCUT2D eigenvalue weighted by Crippen LogP contribution is -2.30. The SMILES string of the molecule is Cc1ccc(NC(=O)C(=Cc2ccccc2)NC(=O)c2ccccc2)cc1F. The number of nitrogens with one attached hydrogen (secondary N) is 2. The van der Waals surface area contributed by atoms with Crippen molar-refractivity contribution in [1.29, 1.82) is 0 Å². The van der Waals surface area contributed by atoms with E-state index in [2.05, 4.69) is 10.6 Å². The number of hydrogen-bond donors (Lipinski definition) is 2. The van der Waals surface area contributed by atoms with Crippen molar-refractivity contribution >= 4 is 23.6 Å². The van der Waals surface area contributed by atoms with Crippen LogP contribution in [-0.2, 0) is 4.79 Å². The van der Waals surface area contributed by atoms with Gasteiger partial charge in [0, 0.05) is 11.3 Å². The van der Waals surface area contributed by atoms with Gasteiger partial charge in [-0.05, 0) is 48.4 Å². The summed E-state index contributed by atoms with van der Waals surface area (Å²) in [6, 6.07) is 22.2. The summed E-state index contributed by atoms with van der Waals surface area (Å²) in [7, 11) is 0. The molecule has 3 aromatic rings. The van der Waals surface area contributed by atoms with Crippen LogP contribution < -0.4 is 10.6 Å². The molecular weight excluding hydrogens is 355 g/mol. The molecule has 0 saturated heterocycles. The van der Waals surface area contributed by atoms with Crippen LogP contribution in [0.5, 0.6) is 0 Å². The molecule has 0 unspecified atom stereocenters. The maximum atomic E-state index is 13.8. The van der Waals surface area contributed by atoms with Crippen LogP contribution >= 0.6 is 0 Å². The Morgan fingerprint density at radius 1 is 0.893 bits per heavy atom. The van der Waals surface area contributed by atoms with Gasteiger partial charge in [-0.25, -0.2) is 4.39 Å². The Morgan fingerprint density at radius 3 is 2.18 bits per heavy atom. The summed E-state index contributed by atoms with van der Waals surface area (Å²) < 4.78 is 13.8. The molecule has 0 atom stereocenters. The predicted molar refractivity (Wildman–Crippen MR) is 108 cm³/mol. The van der Waals surface area contributed by atoms with Crippen molar-refractivity contribution in [1.82, 2.24) is 5.32 Å². The lowest BCUT2D eigenvalue weighted by atomic mass is 10.1. The maximum absolute atomic E-state index is 13.8. The molecule has 140 valence electrons. The quantitative estimate of drug-likeness (QED) is 0.644. The van der Waals surface area contributed by atoms with Crippen LogP contribution in [0.1, 0.15) is 21.5 Å². The smallest absolute Gasteiger partial charge is 0.272 e. The molecule has 0 aliphatic carbocycles. The Bertz CT molecular complexity index is 1020. The Morgan fingerprint density at radius 2 is 1.54 bits per heavy atom. The lowest BCUT2D eigenvalue weighted by molar-refractivity contribution is -0.113. The molecule has 0 fully saturated rings. The highest BCUT2D eigenvalue weighted by molar-refractivity contribution is 6.10. The molecule has 3 aromatic carbocycles. The largest absolute Gasteiger partial charge is 0.321 e. The van der Waals surface area contributed by atoms with E-state index in [4.69, 9.17) is 0 Å². The van der Waals surface area contributed by atoms with Crippen LogP contribution in [0.4, 0.5) is 10.1 Å². The molecule has 4 nitrogen and oxygen atoms in total. The standard InChI is InChI=1S/C23H19FN2O2/c1-16-12-13-19(15-20(16)24)25-23(28)21(14-17-8-4-2-5-9-17)26-22(27)18-10-6-3-7-11-18/h2-15H,1H3,(H,25,28)(H,26,27). The third-order valence-electron chi connectivity index (χ3n) is 4.07. The average Bonchev–Trinajstić information content (AvgIpc) is 2.71. The molecule has 2 N–H and O–H groups in total. The number of benzene rings is 3. The van der Waals surface area contributed by atoms with Crippen LogP contribution in [0.3, 0.4) is 0 Å². The molecule has 0 spiro atoms. The third kappa shape index (κ3) is 4.92. The number of hydrogen-bond acceptors (Lipinski definition) is 2. The summed E-state index contributed by atoms with van der Waals surface area (Å²) in [6.45, 7) is 1.64. The van der Waals surface area contributed by atoms with Gasteiger partial charge in [-0.1, -0.05) is 54.6 Å². The zero-order valence-corrected chi connectivity index (χ0v) is 15.3. The summed E-state index contributed by atoms with van der Waals surface area (Å²) in [5, 5.41) is 5.27. The summed E-state index contributed by atoms with van der Waals surface area (Å²) in [5.74, 6) is -1.37. The minimum Gasteiger partial charge on any atom is -0.321 e. The molecule has 0 heterocycles. The van der Waals surface area contributed by atoms with E-state index < -0.39 is 17.6 Å². The van der Waals surface area contributed by atoms with E-state index in [0.717, 1.165) is 5.56 Å². The van der Waals surface area contributed by atoms with Gasteiger partial charge in [0.15, 0.2) is 0 Å². The van der Waals surface area contributed by atoms with E-state index in [0.29, 0.717) is 16.8 Å². The normalized spacial score (nSPS) is 11.0. The van der Waals surface area contributed by atoms with Gasteiger partial charge in [-0.2, -0.15) is 0 Å². The predicted octanol–water partition coefficient (Wildman–Crippen LogP) is 4.54. The zero-order valence-electron chi connectivity index (χ0n) is 15.3. The molecule has 3 rings (SSSR count). The second kappa shape index (κ2) is 8.77. The molecule has 0 radical (unpaired) electrons. The molecule has 5 heteroatoms. The first-order chi connectivity index (χ1) is 13.5. The van der Waals surface area contributed by atoms with Gasteiger partial charge in [0.1, 0.15) is 11.5 Å². The topological polar surface area (TPSA) is 58.2 Å². The van der Waals surface area contributed by atoms with Crippen LogP contribution in [0.15, 0.2) is 84.6 Å². The van der Waals surface area contributed by atoms with Crippen molar-refractivity contribution in [3.05, 3.63) is 107 Å². The lowest BCUT2D eigenvalue weighted by Gasteiger charge is -2.12. The van der Waals surface area contributed by atoms with Crippen LogP contribution in [0.2, 0.25) is 0 Å². The Labute approximate surface area is 162 Å².